The Morgan fingerprint density at radius 3 is 2.88 bits per heavy atom. The molecule has 0 aromatic heterocycles. The van der Waals surface area contributed by atoms with Crippen LogP contribution in [-0.4, -0.2) is 12.4 Å². The zero-order valence-corrected chi connectivity index (χ0v) is 12.1. The van der Waals surface area contributed by atoms with Crippen molar-refractivity contribution in [3.05, 3.63) is 27.1 Å². The lowest BCUT2D eigenvalue weighted by atomic mass is 10.2. The second kappa shape index (κ2) is 5.82. The number of nitrogens with zero attached hydrogens (tertiary/aromatic N) is 1. The number of hydrogen-bond acceptors (Lipinski definition) is 2. The van der Waals surface area contributed by atoms with Crippen molar-refractivity contribution in [2.75, 3.05) is 11.9 Å². The van der Waals surface area contributed by atoms with Crippen LogP contribution in [0.2, 0.25) is 0 Å². The van der Waals surface area contributed by atoms with Gasteiger partial charge in [-0.05, 0) is 47.0 Å². The molecule has 2 rings (SSSR count). The van der Waals surface area contributed by atoms with E-state index in [1.807, 2.05) is 12.1 Å². The van der Waals surface area contributed by atoms with Crippen LogP contribution in [0.1, 0.15) is 25.7 Å². The summed E-state index contributed by atoms with van der Waals surface area (Å²) in [7, 11) is 0. The first kappa shape index (κ1) is 12.1. The van der Waals surface area contributed by atoms with E-state index < -0.39 is 0 Å². The van der Waals surface area contributed by atoms with E-state index in [2.05, 4.69) is 48.2 Å². The van der Waals surface area contributed by atoms with Crippen LogP contribution in [0.4, 0.5) is 5.69 Å². The summed E-state index contributed by atoms with van der Waals surface area (Å²) in [5.41, 5.74) is 1.08. The number of rotatable bonds is 1. The number of benzene rings is 1. The fourth-order valence-electron chi connectivity index (χ4n) is 1.72. The Morgan fingerprint density at radius 2 is 2.00 bits per heavy atom. The van der Waals surface area contributed by atoms with Crippen LogP contribution < -0.4 is 5.32 Å². The SMILES string of the molecule is Brc1ccc(Br)c(NC2=NCCCCC2)c1. The van der Waals surface area contributed by atoms with E-state index in [1.165, 1.54) is 19.3 Å². The Labute approximate surface area is 113 Å². The van der Waals surface area contributed by atoms with Crippen molar-refractivity contribution in [2.45, 2.75) is 25.7 Å². The summed E-state index contributed by atoms with van der Waals surface area (Å²) in [6.07, 6.45) is 4.79. The van der Waals surface area contributed by atoms with Gasteiger partial charge in [0.15, 0.2) is 0 Å². The van der Waals surface area contributed by atoms with Crippen LogP contribution >= 0.6 is 31.9 Å². The molecule has 0 aliphatic carbocycles. The molecular weight excluding hydrogens is 332 g/mol. The summed E-state index contributed by atoms with van der Waals surface area (Å²) >= 11 is 7.01. The monoisotopic (exact) mass is 344 g/mol. The minimum absolute atomic E-state index is 0.952. The first-order chi connectivity index (χ1) is 7.75. The maximum atomic E-state index is 4.56. The molecule has 0 atom stereocenters. The molecule has 1 N–H and O–H groups in total. The minimum atomic E-state index is 0.952. The van der Waals surface area contributed by atoms with Crippen LogP contribution in [0, 0.1) is 0 Å². The molecule has 0 radical (unpaired) electrons. The second-order valence-corrected chi connectivity index (χ2v) is 5.66. The number of amidine groups is 1. The maximum Gasteiger partial charge on any atom is 0.101 e. The summed E-state index contributed by atoms with van der Waals surface area (Å²) in [6.45, 7) is 0.952. The topological polar surface area (TPSA) is 24.4 Å². The number of aliphatic imine (C=N–C) groups is 1. The summed E-state index contributed by atoms with van der Waals surface area (Å²) < 4.78 is 2.15. The molecule has 0 saturated heterocycles. The van der Waals surface area contributed by atoms with Gasteiger partial charge in [0.25, 0.3) is 0 Å². The third kappa shape index (κ3) is 3.32. The smallest absolute Gasteiger partial charge is 0.101 e. The zero-order valence-electron chi connectivity index (χ0n) is 8.97. The Balaban J connectivity index is 2.13. The number of nitrogens with one attached hydrogen (secondary N) is 1. The lowest BCUT2D eigenvalue weighted by molar-refractivity contribution is 0.731. The highest BCUT2D eigenvalue weighted by molar-refractivity contribution is 9.11. The molecule has 0 amide bonds. The van der Waals surface area contributed by atoms with Crippen LogP contribution in [0.3, 0.4) is 0 Å². The number of anilines is 1. The predicted octanol–water partition coefficient (Wildman–Crippen LogP) is 4.60. The minimum Gasteiger partial charge on any atom is -0.343 e. The normalized spacial score (nSPS) is 16.5. The van der Waals surface area contributed by atoms with E-state index in [9.17, 15) is 0 Å². The first-order valence-corrected chi connectivity index (χ1v) is 7.10. The van der Waals surface area contributed by atoms with Crippen molar-refractivity contribution in [3.63, 3.8) is 0 Å². The molecule has 2 nitrogen and oxygen atoms in total. The molecule has 0 unspecified atom stereocenters. The van der Waals surface area contributed by atoms with Gasteiger partial charge in [-0.15, -0.1) is 0 Å². The Morgan fingerprint density at radius 1 is 1.12 bits per heavy atom. The van der Waals surface area contributed by atoms with Crippen molar-refractivity contribution < 1.29 is 0 Å². The molecule has 0 fully saturated rings. The van der Waals surface area contributed by atoms with Crippen LogP contribution in [0.5, 0.6) is 0 Å². The van der Waals surface area contributed by atoms with Crippen molar-refractivity contribution in [3.8, 4) is 0 Å². The van der Waals surface area contributed by atoms with Gasteiger partial charge in [0.2, 0.25) is 0 Å². The summed E-state index contributed by atoms with van der Waals surface area (Å²) in [5.74, 6) is 1.11. The fourth-order valence-corrected chi connectivity index (χ4v) is 2.43. The second-order valence-electron chi connectivity index (χ2n) is 3.89. The van der Waals surface area contributed by atoms with Gasteiger partial charge in [0.1, 0.15) is 5.84 Å². The van der Waals surface area contributed by atoms with Gasteiger partial charge < -0.3 is 5.32 Å². The average Bonchev–Trinajstić information content (AvgIpc) is 2.52. The van der Waals surface area contributed by atoms with E-state index in [4.69, 9.17) is 0 Å². The highest BCUT2D eigenvalue weighted by atomic mass is 79.9. The molecule has 1 heterocycles. The molecule has 1 aromatic rings. The zero-order chi connectivity index (χ0) is 11.4. The summed E-state index contributed by atoms with van der Waals surface area (Å²) in [6, 6.07) is 6.12. The van der Waals surface area contributed by atoms with E-state index in [0.29, 0.717) is 0 Å². The van der Waals surface area contributed by atoms with Crippen molar-refractivity contribution >= 4 is 43.4 Å². The lowest BCUT2D eigenvalue weighted by Gasteiger charge is -2.10. The van der Waals surface area contributed by atoms with Gasteiger partial charge in [0, 0.05) is 21.9 Å². The van der Waals surface area contributed by atoms with Gasteiger partial charge in [-0.2, -0.15) is 0 Å². The number of halogens is 2. The Hall–Kier alpha value is -0.350. The van der Waals surface area contributed by atoms with Crippen LogP contribution in [0.25, 0.3) is 0 Å². The first-order valence-electron chi connectivity index (χ1n) is 5.51. The third-order valence-electron chi connectivity index (χ3n) is 2.58. The highest BCUT2D eigenvalue weighted by Gasteiger charge is 2.06. The van der Waals surface area contributed by atoms with Crippen molar-refractivity contribution in [1.82, 2.24) is 0 Å². The van der Waals surface area contributed by atoms with E-state index in [0.717, 1.165) is 33.4 Å². The van der Waals surface area contributed by atoms with Crippen LogP contribution in [-0.2, 0) is 0 Å². The van der Waals surface area contributed by atoms with Crippen LogP contribution in [0.15, 0.2) is 32.1 Å². The molecule has 0 bridgehead atoms. The largest absolute Gasteiger partial charge is 0.343 e. The highest BCUT2D eigenvalue weighted by Crippen LogP contribution is 2.26. The summed E-state index contributed by atoms with van der Waals surface area (Å²) in [5, 5.41) is 3.40. The molecular formula is C12H14Br2N2. The molecule has 1 aromatic carbocycles. The quantitative estimate of drug-likeness (QED) is 0.790. The maximum absolute atomic E-state index is 4.56. The molecule has 0 saturated carbocycles. The molecule has 4 heteroatoms. The number of hydrogen-bond donors (Lipinski definition) is 1. The average molecular weight is 346 g/mol. The van der Waals surface area contributed by atoms with E-state index in [1.54, 1.807) is 0 Å². The molecule has 1 aliphatic heterocycles. The summed E-state index contributed by atoms with van der Waals surface area (Å²) in [4.78, 5) is 4.56. The fraction of sp³-hybridized carbons (Fsp3) is 0.417. The third-order valence-corrected chi connectivity index (χ3v) is 3.77. The predicted molar refractivity (Wildman–Crippen MR) is 76.2 cm³/mol. The van der Waals surface area contributed by atoms with Crippen molar-refractivity contribution in [2.24, 2.45) is 4.99 Å². The molecule has 0 spiro atoms. The van der Waals surface area contributed by atoms with Gasteiger partial charge in [-0.1, -0.05) is 22.4 Å². The van der Waals surface area contributed by atoms with E-state index >= 15 is 0 Å². The lowest BCUT2D eigenvalue weighted by Crippen LogP contribution is -2.11. The van der Waals surface area contributed by atoms with E-state index in [-0.39, 0.29) is 0 Å². The molecule has 86 valence electrons. The standard InChI is InChI=1S/C12H14Br2N2/c13-9-5-6-10(14)11(8-9)16-12-4-2-1-3-7-15-12/h5-6,8H,1-4,7H2,(H,15,16). The van der Waals surface area contributed by atoms with Gasteiger partial charge >= 0.3 is 0 Å². The van der Waals surface area contributed by atoms with Gasteiger partial charge in [-0.3, -0.25) is 4.99 Å². The van der Waals surface area contributed by atoms with Crippen molar-refractivity contribution in [1.29, 1.82) is 0 Å². The molecule has 16 heavy (non-hydrogen) atoms. The van der Waals surface area contributed by atoms with Gasteiger partial charge in [0.05, 0.1) is 5.69 Å². The Kier molecular flexibility index (Phi) is 4.41. The molecule has 1 aliphatic rings. The Bertz CT molecular complexity index is 402. The van der Waals surface area contributed by atoms with Gasteiger partial charge in [-0.25, -0.2) is 0 Å².